The Morgan fingerprint density at radius 2 is 2.24 bits per heavy atom. The van der Waals surface area contributed by atoms with Crippen LogP contribution in [0.2, 0.25) is 0 Å². The van der Waals surface area contributed by atoms with Gasteiger partial charge in [0, 0.05) is 17.9 Å². The van der Waals surface area contributed by atoms with Gasteiger partial charge < -0.3 is 9.47 Å². The first-order valence-electron chi connectivity index (χ1n) is 6.49. The smallest absolute Gasteiger partial charge is 0.347 e. The average Bonchev–Trinajstić information content (AvgIpc) is 2.83. The molecule has 108 valence electrons. The molecule has 1 fully saturated rings. The first kappa shape index (κ1) is 13.5. The second-order valence-corrected chi connectivity index (χ2v) is 4.81. The molecule has 0 amide bonds. The Hall–Kier alpha value is -2.50. The molecule has 1 aromatic heterocycles. The van der Waals surface area contributed by atoms with E-state index in [2.05, 4.69) is 4.98 Å². The fourth-order valence-corrected chi connectivity index (χ4v) is 2.22. The zero-order valence-electron chi connectivity index (χ0n) is 11.3. The summed E-state index contributed by atoms with van der Waals surface area (Å²) in [5, 5.41) is 0.628. The third kappa shape index (κ3) is 2.56. The number of hydrogen-bond donors (Lipinski definition) is 0. The van der Waals surface area contributed by atoms with Crippen LogP contribution in [0.4, 0.5) is 4.39 Å². The summed E-state index contributed by atoms with van der Waals surface area (Å²) in [4.78, 5) is 27.6. The molecule has 0 radical (unpaired) electrons. The zero-order chi connectivity index (χ0) is 15.0. The second-order valence-electron chi connectivity index (χ2n) is 4.81. The molecule has 0 saturated carbocycles. The van der Waals surface area contributed by atoms with E-state index in [1.165, 1.54) is 18.2 Å². The van der Waals surface area contributed by atoms with E-state index < -0.39 is 23.9 Å². The molecule has 1 saturated heterocycles. The van der Waals surface area contributed by atoms with Gasteiger partial charge in [0.15, 0.2) is 0 Å². The average molecular weight is 289 g/mol. The minimum Gasteiger partial charge on any atom is -0.463 e. The Balaban J connectivity index is 1.92. The van der Waals surface area contributed by atoms with Crippen molar-refractivity contribution in [2.24, 2.45) is 0 Å². The molecule has 3 rings (SSSR count). The van der Waals surface area contributed by atoms with Gasteiger partial charge in [-0.1, -0.05) is 0 Å². The summed E-state index contributed by atoms with van der Waals surface area (Å²) in [5.41, 5.74) is 1.14. The van der Waals surface area contributed by atoms with Crippen molar-refractivity contribution in [2.75, 3.05) is 6.61 Å². The highest BCUT2D eigenvalue weighted by molar-refractivity contribution is 5.96. The van der Waals surface area contributed by atoms with Gasteiger partial charge in [-0.3, -0.25) is 4.98 Å². The number of benzene rings is 1. The zero-order valence-corrected chi connectivity index (χ0v) is 11.3. The van der Waals surface area contributed by atoms with Gasteiger partial charge in [0.2, 0.25) is 6.10 Å². The van der Waals surface area contributed by atoms with E-state index in [1.54, 1.807) is 13.0 Å². The number of hydrogen-bond acceptors (Lipinski definition) is 5. The van der Waals surface area contributed by atoms with Crippen LogP contribution in [-0.4, -0.2) is 29.6 Å². The molecule has 0 bridgehead atoms. The van der Waals surface area contributed by atoms with E-state index in [4.69, 9.17) is 9.47 Å². The predicted octanol–water partition coefficient (Wildman–Crippen LogP) is 2.15. The molecule has 1 aromatic carbocycles. The van der Waals surface area contributed by atoms with Gasteiger partial charge in [-0.25, -0.2) is 14.0 Å². The SMILES string of the molecule is Cc1nc2cc(F)ccc2cc1C(=O)O[C@H]1CCOC1=O. The summed E-state index contributed by atoms with van der Waals surface area (Å²) < 4.78 is 23.0. The van der Waals surface area contributed by atoms with Gasteiger partial charge in [0.05, 0.1) is 23.4 Å². The van der Waals surface area contributed by atoms with Crippen LogP contribution < -0.4 is 0 Å². The first-order valence-corrected chi connectivity index (χ1v) is 6.49. The molecule has 2 aromatic rings. The van der Waals surface area contributed by atoms with E-state index in [0.29, 0.717) is 23.0 Å². The van der Waals surface area contributed by atoms with Crippen molar-refractivity contribution in [2.45, 2.75) is 19.4 Å². The van der Waals surface area contributed by atoms with Crippen LogP contribution in [0.3, 0.4) is 0 Å². The lowest BCUT2D eigenvalue weighted by Gasteiger charge is -2.10. The van der Waals surface area contributed by atoms with Crippen LogP contribution in [0.15, 0.2) is 24.3 Å². The van der Waals surface area contributed by atoms with Gasteiger partial charge in [-0.05, 0) is 25.1 Å². The first-order chi connectivity index (χ1) is 10.0. The summed E-state index contributed by atoms with van der Waals surface area (Å²) in [5.74, 6) is -1.55. The van der Waals surface area contributed by atoms with Crippen molar-refractivity contribution < 1.29 is 23.5 Å². The molecule has 6 heteroatoms. The van der Waals surface area contributed by atoms with E-state index in [1.807, 2.05) is 0 Å². The monoisotopic (exact) mass is 289 g/mol. The van der Waals surface area contributed by atoms with Crippen molar-refractivity contribution >= 4 is 22.8 Å². The fraction of sp³-hybridized carbons (Fsp3) is 0.267. The van der Waals surface area contributed by atoms with E-state index >= 15 is 0 Å². The van der Waals surface area contributed by atoms with E-state index in [-0.39, 0.29) is 12.2 Å². The second kappa shape index (κ2) is 5.12. The molecule has 1 aliphatic heterocycles. The molecule has 0 spiro atoms. The van der Waals surface area contributed by atoms with Crippen LogP contribution >= 0.6 is 0 Å². The maximum absolute atomic E-state index is 13.2. The van der Waals surface area contributed by atoms with Crippen molar-refractivity contribution in [1.29, 1.82) is 0 Å². The topological polar surface area (TPSA) is 65.5 Å². The van der Waals surface area contributed by atoms with Crippen LogP contribution in [0.1, 0.15) is 22.5 Å². The number of nitrogens with zero attached hydrogens (tertiary/aromatic N) is 1. The molecule has 21 heavy (non-hydrogen) atoms. The molecule has 0 N–H and O–H groups in total. The number of carbonyl (C=O) groups is 2. The van der Waals surface area contributed by atoms with Crippen molar-refractivity contribution in [1.82, 2.24) is 4.98 Å². The predicted molar refractivity (Wildman–Crippen MR) is 71.2 cm³/mol. The van der Waals surface area contributed by atoms with Crippen molar-refractivity contribution in [3.8, 4) is 0 Å². The number of aryl methyl sites for hydroxylation is 1. The number of rotatable bonds is 2. The summed E-state index contributed by atoms with van der Waals surface area (Å²) >= 11 is 0. The number of pyridine rings is 1. The summed E-state index contributed by atoms with van der Waals surface area (Å²) in [6.45, 7) is 1.89. The Labute approximate surface area is 119 Å². The van der Waals surface area contributed by atoms with Crippen LogP contribution in [-0.2, 0) is 14.3 Å². The Bertz CT molecular complexity index is 744. The Kier molecular flexibility index (Phi) is 3.29. The molecule has 1 aliphatic rings. The Morgan fingerprint density at radius 1 is 1.43 bits per heavy atom. The highest BCUT2D eigenvalue weighted by Gasteiger charge is 2.31. The standard InChI is InChI=1S/C15H12FNO4/c1-8-11(14(18)21-13-4-5-20-15(13)19)6-9-2-3-10(16)7-12(9)17-8/h2-3,6-7,13H,4-5H2,1H3/t13-/m0/s1. The normalized spacial score (nSPS) is 17.8. The Morgan fingerprint density at radius 3 is 2.95 bits per heavy atom. The number of esters is 2. The molecular weight excluding hydrogens is 277 g/mol. The number of aromatic nitrogens is 1. The van der Waals surface area contributed by atoms with Gasteiger partial charge in [0.25, 0.3) is 0 Å². The molecular formula is C15H12FNO4. The molecule has 5 nitrogen and oxygen atoms in total. The fourth-order valence-electron chi connectivity index (χ4n) is 2.22. The molecule has 0 unspecified atom stereocenters. The van der Waals surface area contributed by atoms with Crippen LogP contribution in [0.25, 0.3) is 10.9 Å². The number of ether oxygens (including phenoxy) is 2. The minimum atomic E-state index is -0.860. The van der Waals surface area contributed by atoms with Crippen molar-refractivity contribution in [3.63, 3.8) is 0 Å². The summed E-state index contributed by atoms with van der Waals surface area (Å²) in [6.07, 6.45) is -0.503. The quantitative estimate of drug-likeness (QED) is 0.793. The molecule has 0 aliphatic carbocycles. The number of halogens is 1. The number of cyclic esters (lactones) is 1. The number of carbonyl (C=O) groups excluding carboxylic acids is 2. The maximum Gasteiger partial charge on any atom is 0.347 e. The van der Waals surface area contributed by atoms with Gasteiger partial charge in [-0.15, -0.1) is 0 Å². The van der Waals surface area contributed by atoms with E-state index in [0.717, 1.165) is 0 Å². The highest BCUT2D eigenvalue weighted by Crippen LogP contribution is 2.20. The van der Waals surface area contributed by atoms with Gasteiger partial charge in [0.1, 0.15) is 5.82 Å². The summed E-state index contributed by atoms with van der Waals surface area (Å²) in [7, 11) is 0. The minimum absolute atomic E-state index is 0.255. The maximum atomic E-state index is 13.2. The molecule has 2 heterocycles. The third-order valence-corrected chi connectivity index (χ3v) is 3.33. The summed E-state index contributed by atoms with van der Waals surface area (Å²) in [6, 6.07) is 5.71. The number of fused-ring (bicyclic) bond motifs is 1. The van der Waals surface area contributed by atoms with Gasteiger partial charge >= 0.3 is 11.9 Å². The lowest BCUT2D eigenvalue weighted by molar-refractivity contribution is -0.145. The highest BCUT2D eigenvalue weighted by atomic mass is 19.1. The lowest BCUT2D eigenvalue weighted by Crippen LogP contribution is -2.23. The van der Waals surface area contributed by atoms with E-state index in [9.17, 15) is 14.0 Å². The molecule has 1 atom stereocenters. The van der Waals surface area contributed by atoms with Gasteiger partial charge in [-0.2, -0.15) is 0 Å². The third-order valence-electron chi connectivity index (χ3n) is 3.33. The van der Waals surface area contributed by atoms with Crippen molar-refractivity contribution in [3.05, 3.63) is 41.3 Å². The van der Waals surface area contributed by atoms with Crippen LogP contribution in [0, 0.1) is 12.7 Å². The largest absolute Gasteiger partial charge is 0.463 e. The lowest BCUT2D eigenvalue weighted by atomic mass is 10.1. The van der Waals surface area contributed by atoms with Crippen LogP contribution in [0.5, 0.6) is 0 Å².